The zero-order chi connectivity index (χ0) is 26.1. The Bertz CT molecular complexity index is 1130. The van der Waals surface area contributed by atoms with Gasteiger partial charge in [-0.2, -0.15) is 13.2 Å². The first-order valence-corrected chi connectivity index (χ1v) is 12.0. The highest BCUT2D eigenvalue weighted by Crippen LogP contribution is 2.25. The van der Waals surface area contributed by atoms with Crippen LogP contribution in [-0.4, -0.2) is 47.0 Å². The number of nitrogens with one attached hydrogen (secondary N) is 1. The number of benzene rings is 2. The van der Waals surface area contributed by atoms with Gasteiger partial charge in [-0.3, -0.25) is 0 Å². The van der Waals surface area contributed by atoms with Crippen LogP contribution in [0, 0.1) is 5.92 Å². The van der Waals surface area contributed by atoms with Gasteiger partial charge in [-0.25, -0.2) is 9.78 Å². The number of aryl methyl sites for hydroxylation is 1. The molecule has 1 fully saturated rings. The molecule has 1 aliphatic rings. The molecule has 2 heterocycles. The number of piperidine rings is 1. The number of methoxy groups -OCH3 is 1. The van der Waals surface area contributed by atoms with Crippen LogP contribution in [0.1, 0.15) is 31.5 Å². The molecule has 0 bridgehead atoms. The number of halogens is 4. The summed E-state index contributed by atoms with van der Waals surface area (Å²) in [6, 6.07) is 13.5. The number of hydrogen-bond donors (Lipinski definition) is 2. The standard InChI is InChI=1S/C23H28ClN3O2.C2HF3O2/c1-28-20-10-11-22-21(14-20)26-23(16-29-19-8-6-18(24)7-9-19)27(22)13-3-5-17-4-2-12-25-15-17;3-2(4,5)1(6)7/h6-11,14,17,25H,2-5,12-13,15-16H2,1H3;(H,6,7). The zero-order valence-electron chi connectivity index (χ0n) is 19.9. The van der Waals surface area contributed by atoms with Crippen molar-refractivity contribution in [2.24, 2.45) is 5.92 Å². The van der Waals surface area contributed by atoms with E-state index in [1.165, 1.54) is 19.3 Å². The van der Waals surface area contributed by atoms with E-state index in [2.05, 4.69) is 16.0 Å². The van der Waals surface area contributed by atoms with Crippen LogP contribution in [-0.2, 0) is 17.9 Å². The normalized spacial score (nSPS) is 15.8. The van der Waals surface area contributed by atoms with Crippen LogP contribution < -0.4 is 14.8 Å². The number of fused-ring (bicyclic) bond motifs is 1. The number of carboxylic acids is 1. The molecule has 1 aliphatic heterocycles. The second-order valence-corrected chi connectivity index (χ2v) is 8.87. The molecule has 0 aliphatic carbocycles. The van der Waals surface area contributed by atoms with Crippen LogP contribution in [0.15, 0.2) is 42.5 Å². The smallest absolute Gasteiger partial charge is 0.490 e. The minimum atomic E-state index is -5.08. The van der Waals surface area contributed by atoms with Crippen molar-refractivity contribution in [1.29, 1.82) is 0 Å². The molecule has 1 unspecified atom stereocenters. The Morgan fingerprint density at radius 2 is 1.92 bits per heavy atom. The maximum atomic E-state index is 10.6. The van der Waals surface area contributed by atoms with Crippen molar-refractivity contribution in [1.82, 2.24) is 14.9 Å². The third-order valence-electron chi connectivity index (χ3n) is 5.85. The first-order valence-electron chi connectivity index (χ1n) is 11.6. The van der Waals surface area contributed by atoms with Gasteiger partial charge in [0.15, 0.2) is 0 Å². The van der Waals surface area contributed by atoms with E-state index >= 15 is 0 Å². The van der Waals surface area contributed by atoms with E-state index in [1.54, 1.807) is 7.11 Å². The zero-order valence-corrected chi connectivity index (χ0v) is 20.6. The van der Waals surface area contributed by atoms with Crippen molar-refractivity contribution in [2.45, 2.75) is 45.0 Å². The van der Waals surface area contributed by atoms with Gasteiger partial charge in [-0.15, -0.1) is 0 Å². The number of imidazole rings is 1. The van der Waals surface area contributed by atoms with Gasteiger partial charge in [0.2, 0.25) is 0 Å². The molecule has 2 aromatic carbocycles. The summed E-state index contributed by atoms with van der Waals surface area (Å²) in [6.45, 7) is 3.67. The fourth-order valence-electron chi connectivity index (χ4n) is 4.03. The number of ether oxygens (including phenoxy) is 2. The van der Waals surface area contributed by atoms with Gasteiger partial charge in [0.25, 0.3) is 0 Å². The van der Waals surface area contributed by atoms with Crippen molar-refractivity contribution in [3.8, 4) is 11.5 Å². The van der Waals surface area contributed by atoms with Crippen LogP contribution in [0.3, 0.4) is 0 Å². The van der Waals surface area contributed by atoms with Crippen LogP contribution in [0.2, 0.25) is 5.02 Å². The Hall–Kier alpha value is -2.98. The topological polar surface area (TPSA) is 85.6 Å². The third-order valence-corrected chi connectivity index (χ3v) is 6.10. The van der Waals surface area contributed by atoms with E-state index in [0.717, 1.165) is 60.3 Å². The molecule has 3 aromatic rings. The van der Waals surface area contributed by atoms with Gasteiger partial charge in [-0.05, 0) is 81.1 Å². The van der Waals surface area contributed by atoms with E-state index in [9.17, 15) is 13.2 Å². The second-order valence-electron chi connectivity index (χ2n) is 8.43. The summed E-state index contributed by atoms with van der Waals surface area (Å²) in [7, 11) is 1.68. The summed E-state index contributed by atoms with van der Waals surface area (Å²) in [6.07, 6.45) is -0.0852. The lowest BCUT2D eigenvalue weighted by Crippen LogP contribution is -2.29. The second kappa shape index (κ2) is 12.8. The predicted octanol–water partition coefficient (Wildman–Crippen LogP) is 5.69. The summed E-state index contributed by atoms with van der Waals surface area (Å²) >= 11 is 5.97. The largest absolute Gasteiger partial charge is 0.497 e. The van der Waals surface area contributed by atoms with Crippen molar-refractivity contribution < 1.29 is 32.5 Å². The van der Waals surface area contributed by atoms with Gasteiger partial charge in [0.05, 0.1) is 18.1 Å². The van der Waals surface area contributed by atoms with E-state index < -0.39 is 12.1 Å². The number of carbonyl (C=O) groups is 1. The SMILES string of the molecule is COc1ccc2c(c1)nc(COc1ccc(Cl)cc1)n2CCCC1CCCNC1.O=C(O)C(F)(F)F. The molecule has 0 amide bonds. The first kappa shape index (κ1) is 27.6. The Morgan fingerprint density at radius 1 is 1.22 bits per heavy atom. The molecule has 0 radical (unpaired) electrons. The Labute approximate surface area is 212 Å². The summed E-state index contributed by atoms with van der Waals surface area (Å²) < 4.78 is 45.4. The van der Waals surface area contributed by atoms with E-state index in [4.69, 9.17) is 36.0 Å². The van der Waals surface area contributed by atoms with E-state index in [1.807, 2.05) is 36.4 Å². The molecule has 1 aromatic heterocycles. The van der Waals surface area contributed by atoms with Crippen LogP contribution in [0.25, 0.3) is 11.0 Å². The van der Waals surface area contributed by atoms with Crippen molar-refractivity contribution in [3.63, 3.8) is 0 Å². The number of nitrogens with zero attached hydrogens (tertiary/aromatic N) is 2. The third kappa shape index (κ3) is 8.03. The Balaban J connectivity index is 0.000000454. The van der Waals surface area contributed by atoms with Gasteiger partial charge in [0, 0.05) is 17.6 Å². The summed E-state index contributed by atoms with van der Waals surface area (Å²) in [5.41, 5.74) is 2.07. The molecule has 36 heavy (non-hydrogen) atoms. The maximum Gasteiger partial charge on any atom is 0.490 e. The molecule has 1 atom stereocenters. The molecule has 196 valence electrons. The van der Waals surface area contributed by atoms with Gasteiger partial charge < -0.3 is 24.5 Å². The number of aliphatic carboxylic acids is 1. The molecule has 11 heteroatoms. The fourth-order valence-corrected chi connectivity index (χ4v) is 4.16. The molecule has 4 rings (SSSR count). The maximum absolute atomic E-state index is 10.6. The van der Waals surface area contributed by atoms with Crippen molar-refractivity contribution in [2.75, 3.05) is 20.2 Å². The molecular weight excluding hydrogens is 499 g/mol. The van der Waals surface area contributed by atoms with E-state index in [0.29, 0.717) is 11.6 Å². The van der Waals surface area contributed by atoms with Gasteiger partial charge >= 0.3 is 12.1 Å². The number of hydrogen-bond acceptors (Lipinski definition) is 5. The monoisotopic (exact) mass is 527 g/mol. The lowest BCUT2D eigenvalue weighted by Gasteiger charge is -2.22. The van der Waals surface area contributed by atoms with Gasteiger partial charge in [0.1, 0.15) is 23.9 Å². The number of aromatic nitrogens is 2. The van der Waals surface area contributed by atoms with Crippen LogP contribution in [0.5, 0.6) is 11.5 Å². The lowest BCUT2D eigenvalue weighted by molar-refractivity contribution is -0.192. The fraction of sp³-hybridized carbons (Fsp3) is 0.440. The Kier molecular flexibility index (Phi) is 9.83. The molecule has 0 saturated carbocycles. The van der Waals surface area contributed by atoms with Crippen molar-refractivity contribution in [3.05, 3.63) is 53.3 Å². The molecule has 7 nitrogen and oxygen atoms in total. The lowest BCUT2D eigenvalue weighted by atomic mass is 9.95. The molecular formula is C25H29ClF3N3O4. The van der Waals surface area contributed by atoms with E-state index in [-0.39, 0.29) is 0 Å². The molecule has 2 N–H and O–H groups in total. The number of carboxylic acid groups (broad SMARTS) is 1. The number of alkyl halides is 3. The highest BCUT2D eigenvalue weighted by Gasteiger charge is 2.38. The summed E-state index contributed by atoms with van der Waals surface area (Å²) in [5, 5.41) is 11.3. The first-order chi connectivity index (χ1) is 17.2. The van der Waals surface area contributed by atoms with Crippen LogP contribution in [0.4, 0.5) is 13.2 Å². The molecule has 0 spiro atoms. The minimum Gasteiger partial charge on any atom is -0.497 e. The van der Waals surface area contributed by atoms with Crippen molar-refractivity contribution >= 4 is 28.6 Å². The Morgan fingerprint density at radius 3 is 2.53 bits per heavy atom. The molecule has 1 saturated heterocycles. The van der Waals surface area contributed by atoms with Gasteiger partial charge in [-0.1, -0.05) is 11.6 Å². The minimum absolute atomic E-state index is 0.420. The predicted molar refractivity (Wildman–Crippen MR) is 131 cm³/mol. The quantitative estimate of drug-likeness (QED) is 0.391. The number of rotatable bonds is 8. The highest BCUT2D eigenvalue weighted by atomic mass is 35.5. The highest BCUT2D eigenvalue weighted by molar-refractivity contribution is 6.30. The average molecular weight is 528 g/mol. The average Bonchev–Trinajstić information content (AvgIpc) is 3.20. The van der Waals surface area contributed by atoms with Crippen LogP contribution >= 0.6 is 11.6 Å². The summed E-state index contributed by atoms with van der Waals surface area (Å²) in [5.74, 6) is 0.573. The summed E-state index contributed by atoms with van der Waals surface area (Å²) in [4.78, 5) is 13.7.